The van der Waals surface area contributed by atoms with Gasteiger partial charge in [-0.15, -0.1) is 12.4 Å². The monoisotopic (exact) mass is 189 g/mol. The third-order valence-electron chi connectivity index (χ3n) is 1.10. The number of nitrogens with two attached hydrogens (primary N) is 1. The topological polar surface area (TPSA) is 63.3 Å². The van der Waals surface area contributed by atoms with Gasteiger partial charge in [0.15, 0.2) is 0 Å². The second-order valence-electron chi connectivity index (χ2n) is 1.86. The van der Waals surface area contributed by atoms with Crippen LogP contribution in [-0.4, -0.2) is 24.0 Å². The van der Waals surface area contributed by atoms with Crippen molar-refractivity contribution in [3.05, 3.63) is 0 Å². The Hall–Kier alpha value is -0.420. The molecule has 0 fully saturated rings. The highest BCUT2D eigenvalue weighted by atomic mass is 35.5. The lowest BCUT2D eigenvalue weighted by Gasteiger charge is -2.07. The summed E-state index contributed by atoms with van der Waals surface area (Å²) in [6, 6.07) is 0. The molecule has 0 heterocycles. The lowest BCUT2D eigenvalue weighted by molar-refractivity contribution is -0.147. The minimum Gasteiger partial charge on any atom is -0.481 e. The molecular weight excluding hydrogens is 180 g/mol. The average molecular weight is 190 g/mol. The fourth-order valence-electron chi connectivity index (χ4n) is 0.537. The van der Waals surface area contributed by atoms with Crippen molar-refractivity contribution in [1.82, 2.24) is 0 Å². The van der Waals surface area contributed by atoms with Crippen molar-refractivity contribution in [2.45, 2.75) is 12.8 Å². The molecule has 0 aromatic rings. The standard InChI is InChI=1S/C5H9F2NO2.ClH/c6-4(7)3(1-2-8)5(9)10;/h3-4H,1-2,8H2,(H,9,10);1H. The van der Waals surface area contributed by atoms with Gasteiger partial charge in [0.1, 0.15) is 5.92 Å². The summed E-state index contributed by atoms with van der Waals surface area (Å²) in [6.45, 7) is -0.0265. The molecule has 0 rings (SSSR count). The van der Waals surface area contributed by atoms with Gasteiger partial charge >= 0.3 is 5.97 Å². The van der Waals surface area contributed by atoms with Crippen LogP contribution >= 0.6 is 12.4 Å². The van der Waals surface area contributed by atoms with E-state index in [0.29, 0.717) is 0 Å². The summed E-state index contributed by atoms with van der Waals surface area (Å²) in [6.07, 6.45) is -2.99. The first-order chi connectivity index (χ1) is 4.59. The van der Waals surface area contributed by atoms with Crippen LogP contribution in [0, 0.1) is 5.92 Å². The van der Waals surface area contributed by atoms with Gasteiger partial charge in [-0.25, -0.2) is 8.78 Å². The second kappa shape index (κ2) is 6.30. The molecule has 0 amide bonds. The van der Waals surface area contributed by atoms with Crippen molar-refractivity contribution in [2.24, 2.45) is 11.7 Å². The summed E-state index contributed by atoms with van der Waals surface area (Å²) in [5.41, 5.74) is 4.91. The Bertz CT molecular complexity index is 123. The molecule has 0 saturated carbocycles. The number of carbonyl (C=O) groups is 1. The van der Waals surface area contributed by atoms with E-state index >= 15 is 0 Å². The van der Waals surface area contributed by atoms with E-state index in [2.05, 4.69) is 0 Å². The van der Waals surface area contributed by atoms with Gasteiger partial charge in [0, 0.05) is 0 Å². The number of rotatable bonds is 4. The first-order valence-electron chi connectivity index (χ1n) is 2.80. The van der Waals surface area contributed by atoms with Crippen molar-refractivity contribution >= 4 is 18.4 Å². The Kier molecular flexibility index (Phi) is 7.55. The summed E-state index contributed by atoms with van der Waals surface area (Å²) in [5.74, 6) is -3.09. The van der Waals surface area contributed by atoms with Gasteiger partial charge in [-0.1, -0.05) is 0 Å². The molecule has 0 aliphatic heterocycles. The molecule has 1 unspecified atom stereocenters. The maximum absolute atomic E-state index is 11.7. The average Bonchev–Trinajstić information content (AvgIpc) is 1.81. The third kappa shape index (κ3) is 4.92. The van der Waals surface area contributed by atoms with E-state index < -0.39 is 18.3 Å². The molecule has 6 heteroatoms. The molecule has 3 N–H and O–H groups in total. The number of carboxylic acids is 1. The van der Waals surface area contributed by atoms with Crippen LogP contribution in [0.1, 0.15) is 6.42 Å². The molecule has 68 valence electrons. The van der Waals surface area contributed by atoms with Crippen molar-refractivity contribution < 1.29 is 18.7 Å². The quantitative estimate of drug-likeness (QED) is 0.685. The zero-order chi connectivity index (χ0) is 8.15. The summed E-state index contributed by atoms with van der Waals surface area (Å²) >= 11 is 0. The van der Waals surface area contributed by atoms with Gasteiger partial charge in [0.25, 0.3) is 6.43 Å². The van der Waals surface area contributed by atoms with Gasteiger partial charge in [-0.2, -0.15) is 0 Å². The molecule has 11 heavy (non-hydrogen) atoms. The van der Waals surface area contributed by atoms with E-state index in [-0.39, 0.29) is 25.4 Å². The molecule has 0 saturated heterocycles. The lowest BCUT2D eigenvalue weighted by atomic mass is 10.1. The number of hydrogen-bond acceptors (Lipinski definition) is 2. The number of halogens is 3. The van der Waals surface area contributed by atoms with Crippen molar-refractivity contribution in [3.63, 3.8) is 0 Å². The predicted octanol–water partition coefficient (Wildman–Crippen LogP) is 0.723. The summed E-state index contributed by atoms with van der Waals surface area (Å²) in [4.78, 5) is 10.00. The minimum absolute atomic E-state index is 0. The third-order valence-corrected chi connectivity index (χ3v) is 1.10. The maximum Gasteiger partial charge on any atom is 0.312 e. The summed E-state index contributed by atoms with van der Waals surface area (Å²) in [7, 11) is 0. The second-order valence-corrected chi connectivity index (χ2v) is 1.86. The SMILES string of the molecule is Cl.NCCC(C(=O)O)C(F)F. The van der Waals surface area contributed by atoms with Gasteiger partial charge < -0.3 is 10.8 Å². The minimum atomic E-state index is -2.82. The Morgan fingerprint density at radius 3 is 2.09 bits per heavy atom. The van der Waals surface area contributed by atoms with Crippen LogP contribution < -0.4 is 5.73 Å². The highest BCUT2D eigenvalue weighted by Gasteiger charge is 2.26. The molecule has 1 atom stereocenters. The maximum atomic E-state index is 11.7. The van der Waals surface area contributed by atoms with E-state index in [1.807, 2.05) is 0 Å². The van der Waals surface area contributed by atoms with E-state index in [0.717, 1.165) is 0 Å². The number of alkyl halides is 2. The number of carboxylic acid groups (broad SMARTS) is 1. The zero-order valence-electron chi connectivity index (χ0n) is 5.67. The van der Waals surface area contributed by atoms with Crippen LogP contribution in [0.5, 0.6) is 0 Å². The van der Waals surface area contributed by atoms with Gasteiger partial charge in [-0.05, 0) is 13.0 Å². The predicted molar refractivity (Wildman–Crippen MR) is 38.0 cm³/mol. The normalized spacial score (nSPS) is 12.4. The van der Waals surface area contributed by atoms with Crippen LogP contribution in [0.25, 0.3) is 0 Å². The van der Waals surface area contributed by atoms with E-state index in [9.17, 15) is 13.6 Å². The van der Waals surface area contributed by atoms with Gasteiger partial charge in [-0.3, -0.25) is 4.79 Å². The highest BCUT2D eigenvalue weighted by Crippen LogP contribution is 2.12. The zero-order valence-corrected chi connectivity index (χ0v) is 6.48. The molecule has 0 radical (unpaired) electrons. The van der Waals surface area contributed by atoms with Crippen LogP contribution in [-0.2, 0) is 4.79 Å². The van der Waals surface area contributed by atoms with Crippen LogP contribution in [0.3, 0.4) is 0 Å². The van der Waals surface area contributed by atoms with E-state index in [1.165, 1.54) is 0 Å². The van der Waals surface area contributed by atoms with Crippen LogP contribution in [0.4, 0.5) is 8.78 Å². The summed E-state index contributed by atoms with van der Waals surface area (Å²) in [5, 5.41) is 8.14. The Balaban J connectivity index is 0. The van der Waals surface area contributed by atoms with Crippen molar-refractivity contribution in [2.75, 3.05) is 6.54 Å². The molecule has 0 aromatic heterocycles. The van der Waals surface area contributed by atoms with Crippen LogP contribution in [0.2, 0.25) is 0 Å². The molecule has 0 spiro atoms. The van der Waals surface area contributed by atoms with Gasteiger partial charge in [0.05, 0.1) is 0 Å². The Labute approximate surface area is 69.0 Å². The van der Waals surface area contributed by atoms with Gasteiger partial charge in [0.2, 0.25) is 0 Å². The van der Waals surface area contributed by atoms with Crippen molar-refractivity contribution in [1.29, 1.82) is 0 Å². The molecule has 3 nitrogen and oxygen atoms in total. The summed E-state index contributed by atoms with van der Waals surface area (Å²) < 4.78 is 23.4. The fourth-order valence-corrected chi connectivity index (χ4v) is 0.537. The van der Waals surface area contributed by atoms with Crippen molar-refractivity contribution in [3.8, 4) is 0 Å². The smallest absolute Gasteiger partial charge is 0.312 e. The molecular formula is C5H10ClF2NO2. The highest BCUT2D eigenvalue weighted by molar-refractivity contribution is 5.85. The Morgan fingerprint density at radius 1 is 1.55 bits per heavy atom. The molecule has 0 aliphatic rings. The van der Waals surface area contributed by atoms with Crippen LogP contribution in [0.15, 0.2) is 0 Å². The lowest BCUT2D eigenvalue weighted by Crippen LogP contribution is -2.24. The fraction of sp³-hybridized carbons (Fsp3) is 0.800. The van der Waals surface area contributed by atoms with E-state index in [4.69, 9.17) is 10.8 Å². The number of aliphatic carboxylic acids is 1. The first-order valence-corrected chi connectivity index (χ1v) is 2.80. The first kappa shape index (κ1) is 13.2. The van der Waals surface area contributed by atoms with E-state index in [1.54, 1.807) is 0 Å². The molecule has 0 aromatic carbocycles. The number of hydrogen-bond donors (Lipinski definition) is 2. The molecule has 0 bridgehead atoms. The molecule has 0 aliphatic carbocycles. The Morgan fingerprint density at radius 2 is 2.00 bits per heavy atom. The largest absolute Gasteiger partial charge is 0.481 e.